The van der Waals surface area contributed by atoms with Gasteiger partial charge in [-0.3, -0.25) is 4.79 Å². The lowest BCUT2D eigenvalue weighted by Crippen LogP contribution is -2.42. The van der Waals surface area contributed by atoms with Crippen molar-refractivity contribution >= 4 is 11.7 Å². The molecule has 1 atom stereocenters. The monoisotopic (exact) mass is 250 g/mol. The van der Waals surface area contributed by atoms with Crippen LogP contribution in [0, 0.1) is 6.92 Å². The van der Waals surface area contributed by atoms with Crippen LogP contribution in [0.5, 0.6) is 0 Å². The Morgan fingerprint density at radius 2 is 2.56 bits per heavy atom. The van der Waals surface area contributed by atoms with E-state index < -0.39 is 5.91 Å². The third-order valence-corrected chi connectivity index (χ3v) is 2.91. The fraction of sp³-hybridized carbons (Fsp3) is 0.500. The number of anilines is 1. The molecule has 0 saturated carbocycles. The van der Waals surface area contributed by atoms with Crippen LogP contribution in [-0.4, -0.2) is 43.2 Å². The van der Waals surface area contributed by atoms with Crippen LogP contribution in [-0.2, 0) is 4.74 Å². The van der Waals surface area contributed by atoms with Gasteiger partial charge in [0.15, 0.2) is 0 Å². The van der Waals surface area contributed by atoms with Gasteiger partial charge in [-0.1, -0.05) is 0 Å². The third kappa shape index (κ3) is 2.96. The van der Waals surface area contributed by atoms with Gasteiger partial charge in [-0.15, -0.1) is 0 Å². The van der Waals surface area contributed by atoms with E-state index in [-0.39, 0.29) is 6.10 Å². The maximum absolute atomic E-state index is 11.4. The number of nitrogens with zero attached hydrogens (tertiary/aromatic N) is 1. The first kappa shape index (κ1) is 12.8. The lowest BCUT2D eigenvalue weighted by molar-refractivity contribution is 0.0371. The van der Waals surface area contributed by atoms with Gasteiger partial charge in [-0.05, 0) is 18.6 Å². The molecule has 2 heterocycles. The molecule has 0 aliphatic carbocycles. The summed E-state index contributed by atoms with van der Waals surface area (Å²) in [6, 6.07) is 1.77. The highest BCUT2D eigenvalue weighted by molar-refractivity contribution is 5.98. The lowest BCUT2D eigenvalue weighted by atomic mass is 10.1. The smallest absolute Gasteiger partial charge is 0.252 e. The van der Waals surface area contributed by atoms with Gasteiger partial charge in [-0.25, -0.2) is 4.98 Å². The summed E-state index contributed by atoms with van der Waals surface area (Å²) in [4.78, 5) is 15.5. The molecule has 1 saturated heterocycles. The molecule has 1 fully saturated rings. The van der Waals surface area contributed by atoms with Crippen LogP contribution in [0.1, 0.15) is 15.9 Å². The Morgan fingerprint density at radius 1 is 1.72 bits per heavy atom. The molecule has 98 valence electrons. The molecule has 6 nitrogen and oxygen atoms in total. The van der Waals surface area contributed by atoms with E-state index in [0.29, 0.717) is 24.5 Å². The first-order chi connectivity index (χ1) is 8.68. The van der Waals surface area contributed by atoms with Crippen LogP contribution in [0.4, 0.5) is 5.82 Å². The molecule has 0 aromatic carbocycles. The lowest BCUT2D eigenvalue weighted by Gasteiger charge is -2.24. The summed E-state index contributed by atoms with van der Waals surface area (Å²) in [7, 11) is 0. The topological polar surface area (TPSA) is 89.3 Å². The van der Waals surface area contributed by atoms with E-state index in [1.54, 1.807) is 12.3 Å². The highest BCUT2D eigenvalue weighted by atomic mass is 16.5. The standard InChI is InChI=1S/C12H18N4O2/c1-8-2-3-15-12(10(8)11(13)17)16-7-9-6-14-4-5-18-9/h2-3,9,14H,4-7H2,1H3,(H2,13,17)(H,15,16). The Hall–Kier alpha value is -1.66. The number of nitrogens with two attached hydrogens (primary N) is 1. The quantitative estimate of drug-likeness (QED) is 0.694. The minimum Gasteiger partial charge on any atom is -0.374 e. The summed E-state index contributed by atoms with van der Waals surface area (Å²) >= 11 is 0. The van der Waals surface area contributed by atoms with Crippen LogP contribution >= 0.6 is 0 Å². The number of hydrogen-bond donors (Lipinski definition) is 3. The van der Waals surface area contributed by atoms with Crippen molar-refractivity contribution in [3.8, 4) is 0 Å². The van der Waals surface area contributed by atoms with Crippen LogP contribution in [0.15, 0.2) is 12.3 Å². The number of nitrogens with one attached hydrogen (secondary N) is 2. The van der Waals surface area contributed by atoms with Crippen molar-refractivity contribution < 1.29 is 9.53 Å². The predicted octanol–water partition coefficient (Wildman–Crippen LogP) is -0.111. The number of carbonyl (C=O) groups is 1. The normalized spacial score (nSPS) is 19.5. The number of rotatable bonds is 4. The van der Waals surface area contributed by atoms with Gasteiger partial charge in [0.2, 0.25) is 0 Å². The van der Waals surface area contributed by atoms with E-state index in [1.807, 2.05) is 6.92 Å². The molecule has 0 spiro atoms. The van der Waals surface area contributed by atoms with Gasteiger partial charge < -0.3 is 21.1 Å². The van der Waals surface area contributed by atoms with Crippen LogP contribution in [0.2, 0.25) is 0 Å². The van der Waals surface area contributed by atoms with Gasteiger partial charge in [-0.2, -0.15) is 0 Å². The number of primary amides is 1. The summed E-state index contributed by atoms with van der Waals surface area (Å²) in [5.74, 6) is 0.0578. The number of carbonyl (C=O) groups excluding carboxylic acids is 1. The van der Waals surface area contributed by atoms with Crippen LogP contribution < -0.4 is 16.4 Å². The van der Waals surface area contributed by atoms with Crippen molar-refractivity contribution in [3.05, 3.63) is 23.4 Å². The zero-order valence-electron chi connectivity index (χ0n) is 10.4. The molecular weight excluding hydrogens is 232 g/mol. The fourth-order valence-electron chi connectivity index (χ4n) is 1.96. The van der Waals surface area contributed by atoms with E-state index in [0.717, 1.165) is 18.7 Å². The molecule has 0 bridgehead atoms. The fourth-order valence-corrected chi connectivity index (χ4v) is 1.96. The van der Waals surface area contributed by atoms with Crippen LogP contribution in [0.25, 0.3) is 0 Å². The molecule has 1 aromatic heterocycles. The molecule has 18 heavy (non-hydrogen) atoms. The SMILES string of the molecule is Cc1ccnc(NCC2CNCCO2)c1C(N)=O. The van der Waals surface area contributed by atoms with Gasteiger partial charge in [0.1, 0.15) is 5.82 Å². The zero-order valence-corrected chi connectivity index (χ0v) is 10.4. The van der Waals surface area contributed by atoms with Crippen molar-refractivity contribution in [2.45, 2.75) is 13.0 Å². The number of aromatic nitrogens is 1. The van der Waals surface area contributed by atoms with Gasteiger partial charge in [0.05, 0.1) is 18.3 Å². The van der Waals surface area contributed by atoms with E-state index in [2.05, 4.69) is 15.6 Å². The number of pyridine rings is 1. The van der Waals surface area contributed by atoms with Crippen molar-refractivity contribution in [3.63, 3.8) is 0 Å². The Kier molecular flexibility index (Phi) is 4.11. The Labute approximate surface area is 106 Å². The second-order valence-electron chi connectivity index (χ2n) is 4.29. The number of ether oxygens (including phenoxy) is 1. The first-order valence-electron chi connectivity index (χ1n) is 6.00. The minimum atomic E-state index is -0.467. The van der Waals surface area contributed by atoms with E-state index in [4.69, 9.17) is 10.5 Å². The van der Waals surface area contributed by atoms with Crippen LogP contribution in [0.3, 0.4) is 0 Å². The molecule has 2 rings (SSSR count). The molecule has 1 amide bonds. The molecule has 1 aromatic rings. The largest absolute Gasteiger partial charge is 0.374 e. The summed E-state index contributed by atoms with van der Waals surface area (Å²) in [5, 5.41) is 6.37. The average Bonchev–Trinajstić information content (AvgIpc) is 2.37. The molecule has 6 heteroatoms. The highest BCUT2D eigenvalue weighted by Gasteiger charge is 2.16. The zero-order chi connectivity index (χ0) is 13.0. The molecule has 0 radical (unpaired) electrons. The molecule has 4 N–H and O–H groups in total. The molecule has 1 aliphatic rings. The summed E-state index contributed by atoms with van der Waals surface area (Å²) in [6.45, 7) is 4.82. The average molecular weight is 250 g/mol. The molecule has 1 aliphatic heterocycles. The maximum atomic E-state index is 11.4. The third-order valence-electron chi connectivity index (χ3n) is 2.91. The molecule has 1 unspecified atom stereocenters. The Bertz CT molecular complexity index is 430. The Morgan fingerprint density at radius 3 is 3.22 bits per heavy atom. The van der Waals surface area contributed by atoms with E-state index in [1.165, 1.54) is 0 Å². The molecular formula is C12H18N4O2. The first-order valence-corrected chi connectivity index (χ1v) is 6.00. The van der Waals surface area contributed by atoms with Crippen molar-refractivity contribution in [1.82, 2.24) is 10.3 Å². The van der Waals surface area contributed by atoms with Crippen molar-refractivity contribution in [2.24, 2.45) is 5.73 Å². The van der Waals surface area contributed by atoms with Crippen molar-refractivity contribution in [2.75, 3.05) is 31.6 Å². The van der Waals surface area contributed by atoms with Gasteiger partial charge >= 0.3 is 0 Å². The number of amides is 1. The number of hydrogen-bond acceptors (Lipinski definition) is 5. The van der Waals surface area contributed by atoms with Crippen molar-refractivity contribution in [1.29, 1.82) is 0 Å². The van der Waals surface area contributed by atoms with E-state index in [9.17, 15) is 4.79 Å². The second-order valence-corrected chi connectivity index (χ2v) is 4.29. The summed E-state index contributed by atoms with van der Waals surface area (Å²) in [5.41, 5.74) is 6.63. The van der Waals surface area contributed by atoms with Gasteiger partial charge in [0, 0.05) is 25.8 Å². The summed E-state index contributed by atoms with van der Waals surface area (Å²) < 4.78 is 5.56. The van der Waals surface area contributed by atoms with Gasteiger partial charge in [0.25, 0.3) is 5.91 Å². The minimum absolute atomic E-state index is 0.0850. The second kappa shape index (κ2) is 5.79. The highest BCUT2D eigenvalue weighted by Crippen LogP contribution is 2.16. The number of aryl methyl sites for hydroxylation is 1. The Balaban J connectivity index is 2.04. The maximum Gasteiger partial charge on any atom is 0.252 e. The van der Waals surface area contributed by atoms with E-state index >= 15 is 0 Å². The summed E-state index contributed by atoms with van der Waals surface area (Å²) in [6.07, 6.45) is 1.74. The predicted molar refractivity (Wildman–Crippen MR) is 68.6 cm³/mol. The number of morpholine rings is 1.